The molecule has 1 amide bonds. The van der Waals surface area contributed by atoms with Gasteiger partial charge in [-0.3, -0.25) is 4.79 Å². The molecule has 0 atom stereocenters. The Hall–Kier alpha value is -3.55. The molecule has 1 aliphatic rings. The van der Waals surface area contributed by atoms with Crippen LogP contribution >= 0.6 is 0 Å². The van der Waals surface area contributed by atoms with Crippen LogP contribution in [-0.4, -0.2) is 45.3 Å². The van der Waals surface area contributed by atoms with E-state index in [9.17, 15) is 14.4 Å². The average Bonchev–Trinajstić information content (AvgIpc) is 2.71. The Labute approximate surface area is 155 Å². The molecule has 140 valence electrons. The summed E-state index contributed by atoms with van der Waals surface area (Å²) >= 11 is 0. The molecule has 0 unspecified atom stereocenters. The zero-order valence-electron chi connectivity index (χ0n) is 14.7. The van der Waals surface area contributed by atoms with Crippen LogP contribution in [0.4, 0.5) is 5.69 Å². The second-order valence-corrected chi connectivity index (χ2v) is 5.59. The van der Waals surface area contributed by atoms with Gasteiger partial charge in [-0.05, 0) is 36.4 Å². The minimum atomic E-state index is -0.643. The van der Waals surface area contributed by atoms with Crippen LogP contribution in [0.15, 0.2) is 36.4 Å². The van der Waals surface area contributed by atoms with E-state index in [1.54, 1.807) is 18.2 Å². The number of amides is 1. The van der Waals surface area contributed by atoms with E-state index in [1.165, 1.54) is 32.4 Å². The lowest BCUT2D eigenvalue weighted by atomic mass is 10.1. The quantitative estimate of drug-likeness (QED) is 0.823. The topological polar surface area (TPSA) is 100 Å². The number of hydrogen-bond donors (Lipinski definition) is 1. The highest BCUT2D eigenvalue weighted by Crippen LogP contribution is 2.31. The summed E-state index contributed by atoms with van der Waals surface area (Å²) < 4.78 is 20.2. The Morgan fingerprint density at radius 1 is 0.815 bits per heavy atom. The van der Waals surface area contributed by atoms with Gasteiger partial charge in [-0.25, -0.2) is 9.59 Å². The van der Waals surface area contributed by atoms with Crippen molar-refractivity contribution in [2.45, 2.75) is 0 Å². The molecule has 27 heavy (non-hydrogen) atoms. The number of carbonyl (C=O) groups is 3. The lowest BCUT2D eigenvalue weighted by molar-refractivity contribution is 0.0599. The van der Waals surface area contributed by atoms with Crippen LogP contribution in [0.5, 0.6) is 11.5 Å². The van der Waals surface area contributed by atoms with Crippen molar-refractivity contribution in [2.75, 3.05) is 32.8 Å². The first-order valence-electron chi connectivity index (χ1n) is 8.04. The van der Waals surface area contributed by atoms with Crippen LogP contribution in [0.25, 0.3) is 0 Å². The van der Waals surface area contributed by atoms with Gasteiger partial charge >= 0.3 is 11.9 Å². The zero-order chi connectivity index (χ0) is 19.4. The van der Waals surface area contributed by atoms with Crippen molar-refractivity contribution >= 4 is 23.5 Å². The van der Waals surface area contributed by atoms with Gasteiger partial charge in [-0.15, -0.1) is 0 Å². The molecule has 0 radical (unpaired) electrons. The maximum absolute atomic E-state index is 12.6. The summed E-state index contributed by atoms with van der Waals surface area (Å²) in [6.07, 6.45) is 0. The van der Waals surface area contributed by atoms with Crippen molar-refractivity contribution < 1.29 is 33.3 Å². The summed E-state index contributed by atoms with van der Waals surface area (Å²) in [5.74, 6) is -0.679. The summed E-state index contributed by atoms with van der Waals surface area (Å²) in [5.41, 5.74) is 0.802. The van der Waals surface area contributed by atoms with Gasteiger partial charge < -0.3 is 24.3 Å². The van der Waals surface area contributed by atoms with Crippen molar-refractivity contribution in [1.29, 1.82) is 0 Å². The van der Waals surface area contributed by atoms with Crippen LogP contribution in [-0.2, 0) is 9.47 Å². The van der Waals surface area contributed by atoms with E-state index in [0.717, 1.165) is 0 Å². The van der Waals surface area contributed by atoms with Gasteiger partial charge in [0.05, 0.1) is 25.3 Å². The molecule has 0 saturated heterocycles. The average molecular weight is 371 g/mol. The van der Waals surface area contributed by atoms with E-state index in [2.05, 4.69) is 14.8 Å². The molecule has 1 N–H and O–H groups in total. The zero-order valence-corrected chi connectivity index (χ0v) is 14.7. The number of carbonyl (C=O) groups excluding carboxylic acids is 3. The molecule has 8 heteroatoms. The fourth-order valence-corrected chi connectivity index (χ4v) is 2.56. The number of ether oxygens (including phenoxy) is 4. The first-order valence-corrected chi connectivity index (χ1v) is 8.04. The van der Waals surface area contributed by atoms with E-state index in [1.807, 2.05) is 0 Å². The fraction of sp³-hybridized carbons (Fsp3) is 0.211. The van der Waals surface area contributed by atoms with Crippen LogP contribution < -0.4 is 14.8 Å². The lowest BCUT2D eigenvalue weighted by Gasteiger charge is -2.18. The molecular weight excluding hydrogens is 354 g/mol. The molecule has 2 aromatic rings. The highest BCUT2D eigenvalue weighted by atomic mass is 16.6. The van der Waals surface area contributed by atoms with Gasteiger partial charge in [-0.2, -0.15) is 0 Å². The number of methoxy groups -OCH3 is 2. The monoisotopic (exact) mass is 371 g/mol. The largest absolute Gasteiger partial charge is 0.486 e. The van der Waals surface area contributed by atoms with Crippen LogP contribution in [0.1, 0.15) is 31.1 Å². The summed E-state index contributed by atoms with van der Waals surface area (Å²) in [5, 5.41) is 2.65. The Morgan fingerprint density at radius 2 is 1.41 bits per heavy atom. The summed E-state index contributed by atoms with van der Waals surface area (Å²) in [6, 6.07) is 8.96. The van der Waals surface area contributed by atoms with Crippen LogP contribution in [0, 0.1) is 0 Å². The van der Waals surface area contributed by atoms with Crippen LogP contribution in [0.3, 0.4) is 0 Å². The van der Waals surface area contributed by atoms with Gasteiger partial charge in [0.25, 0.3) is 5.91 Å². The number of anilines is 1. The van der Waals surface area contributed by atoms with Crippen molar-refractivity contribution in [1.82, 2.24) is 0 Å². The molecule has 1 aliphatic heterocycles. The molecule has 3 rings (SSSR count). The van der Waals surface area contributed by atoms with E-state index in [0.29, 0.717) is 30.3 Å². The molecule has 1 heterocycles. The summed E-state index contributed by atoms with van der Waals surface area (Å²) in [4.78, 5) is 36.2. The Balaban J connectivity index is 1.88. The highest BCUT2D eigenvalue weighted by Gasteiger charge is 2.18. The van der Waals surface area contributed by atoms with Gasteiger partial charge in [0.2, 0.25) is 0 Å². The van der Waals surface area contributed by atoms with Crippen molar-refractivity contribution in [3.8, 4) is 11.5 Å². The normalized spacial score (nSPS) is 12.1. The van der Waals surface area contributed by atoms with Crippen LogP contribution in [0.2, 0.25) is 0 Å². The first-order chi connectivity index (χ1) is 13.0. The number of esters is 2. The van der Waals surface area contributed by atoms with Gasteiger partial charge in [-0.1, -0.05) is 0 Å². The Morgan fingerprint density at radius 3 is 2.00 bits per heavy atom. The fourth-order valence-electron chi connectivity index (χ4n) is 2.56. The lowest BCUT2D eigenvalue weighted by Crippen LogP contribution is -2.17. The number of benzene rings is 2. The van der Waals surface area contributed by atoms with E-state index < -0.39 is 17.8 Å². The third-order valence-corrected chi connectivity index (χ3v) is 3.84. The number of fused-ring (bicyclic) bond motifs is 1. The highest BCUT2D eigenvalue weighted by molar-refractivity contribution is 6.06. The van der Waals surface area contributed by atoms with Gasteiger partial charge in [0.1, 0.15) is 13.2 Å². The van der Waals surface area contributed by atoms with E-state index >= 15 is 0 Å². The second kappa shape index (κ2) is 7.77. The first kappa shape index (κ1) is 18.2. The number of rotatable bonds is 4. The third kappa shape index (κ3) is 4.00. The molecule has 0 aromatic heterocycles. The molecule has 8 nitrogen and oxygen atoms in total. The van der Waals surface area contributed by atoms with Crippen molar-refractivity contribution in [2.24, 2.45) is 0 Å². The van der Waals surface area contributed by atoms with E-state index in [-0.39, 0.29) is 16.8 Å². The van der Waals surface area contributed by atoms with E-state index in [4.69, 9.17) is 9.47 Å². The second-order valence-electron chi connectivity index (χ2n) is 5.59. The Bertz CT molecular complexity index is 873. The van der Waals surface area contributed by atoms with Gasteiger partial charge in [0.15, 0.2) is 11.5 Å². The smallest absolute Gasteiger partial charge is 0.337 e. The maximum atomic E-state index is 12.6. The standard InChI is InChI=1S/C19H17NO7/c1-24-18(22)12-7-13(19(23)25-2)9-14(8-12)20-17(21)11-3-4-15-16(10-11)27-6-5-26-15/h3-4,7-10H,5-6H2,1-2H3,(H,20,21). The summed E-state index contributed by atoms with van der Waals surface area (Å²) in [6.45, 7) is 0.858. The summed E-state index contributed by atoms with van der Waals surface area (Å²) in [7, 11) is 2.45. The number of hydrogen-bond acceptors (Lipinski definition) is 7. The molecule has 0 aliphatic carbocycles. The minimum absolute atomic E-state index is 0.109. The molecule has 0 spiro atoms. The third-order valence-electron chi connectivity index (χ3n) is 3.84. The molecule has 0 fully saturated rings. The minimum Gasteiger partial charge on any atom is -0.486 e. The molecular formula is C19H17NO7. The molecule has 0 saturated carbocycles. The van der Waals surface area contributed by atoms with Gasteiger partial charge in [0, 0.05) is 11.3 Å². The SMILES string of the molecule is COC(=O)c1cc(NC(=O)c2ccc3c(c2)OCCO3)cc(C(=O)OC)c1. The predicted molar refractivity (Wildman–Crippen MR) is 94.5 cm³/mol. The number of nitrogens with one attached hydrogen (secondary N) is 1. The molecule has 0 bridgehead atoms. The molecule has 2 aromatic carbocycles. The maximum Gasteiger partial charge on any atom is 0.337 e. The Kier molecular flexibility index (Phi) is 5.25. The predicted octanol–water partition coefficient (Wildman–Crippen LogP) is 2.28. The van der Waals surface area contributed by atoms with Crippen molar-refractivity contribution in [3.63, 3.8) is 0 Å². The van der Waals surface area contributed by atoms with Crippen molar-refractivity contribution in [3.05, 3.63) is 53.1 Å².